The van der Waals surface area contributed by atoms with Gasteiger partial charge in [-0.3, -0.25) is 0 Å². The Kier molecular flexibility index (Phi) is 6.81. The molecule has 0 radical (unpaired) electrons. The Morgan fingerprint density at radius 1 is 1.06 bits per heavy atom. The largest absolute Gasteiger partial charge is 0.372 e. The molecule has 0 aromatic heterocycles. The van der Waals surface area contributed by atoms with Gasteiger partial charge >= 0.3 is 0 Å². The van der Waals surface area contributed by atoms with Gasteiger partial charge in [0.2, 0.25) is 0 Å². The fourth-order valence-electron chi connectivity index (χ4n) is 1.73. The number of aryl methyl sites for hydroxylation is 1. The van der Waals surface area contributed by atoms with E-state index in [-0.39, 0.29) is 0 Å². The molecule has 3 heteroatoms. The molecule has 1 aromatic rings. The van der Waals surface area contributed by atoms with E-state index >= 15 is 0 Å². The number of benzene rings is 1. The second-order valence-corrected chi connectivity index (χ2v) is 4.69. The summed E-state index contributed by atoms with van der Waals surface area (Å²) in [5.41, 5.74) is 2.68. The van der Waals surface area contributed by atoms with Crippen molar-refractivity contribution in [2.45, 2.75) is 19.8 Å². The standard InChI is InChI=1S/C13H21NS2/c1-2-14(9-3-10-15)13-6-4-12(5-7-13)8-11-16/h4-7,15-16H,2-3,8-11H2,1H3. The van der Waals surface area contributed by atoms with Gasteiger partial charge in [0.1, 0.15) is 0 Å². The number of anilines is 1. The van der Waals surface area contributed by atoms with Crippen LogP contribution in [0.25, 0.3) is 0 Å². The number of thiol groups is 2. The van der Waals surface area contributed by atoms with E-state index in [4.69, 9.17) is 0 Å². The van der Waals surface area contributed by atoms with Gasteiger partial charge in [0.15, 0.2) is 0 Å². The van der Waals surface area contributed by atoms with E-state index in [1.54, 1.807) is 0 Å². The molecule has 0 N–H and O–H groups in total. The summed E-state index contributed by atoms with van der Waals surface area (Å²) in [6.45, 7) is 4.34. The van der Waals surface area contributed by atoms with Gasteiger partial charge in [0.25, 0.3) is 0 Å². The van der Waals surface area contributed by atoms with E-state index in [2.05, 4.69) is 61.3 Å². The zero-order valence-electron chi connectivity index (χ0n) is 9.89. The van der Waals surface area contributed by atoms with E-state index in [9.17, 15) is 0 Å². The van der Waals surface area contributed by atoms with Crippen LogP contribution in [0.4, 0.5) is 5.69 Å². The van der Waals surface area contributed by atoms with Crippen molar-refractivity contribution >= 4 is 30.9 Å². The fraction of sp³-hybridized carbons (Fsp3) is 0.538. The Bertz CT molecular complexity index is 284. The van der Waals surface area contributed by atoms with Crippen molar-refractivity contribution in [3.63, 3.8) is 0 Å². The summed E-state index contributed by atoms with van der Waals surface area (Å²) in [5, 5.41) is 0. The molecule has 1 aromatic carbocycles. The molecule has 1 nitrogen and oxygen atoms in total. The van der Waals surface area contributed by atoms with Crippen LogP contribution < -0.4 is 4.90 Å². The van der Waals surface area contributed by atoms with Crippen LogP contribution in [-0.4, -0.2) is 24.6 Å². The van der Waals surface area contributed by atoms with E-state index in [0.29, 0.717) is 0 Å². The van der Waals surface area contributed by atoms with Crippen molar-refractivity contribution in [2.24, 2.45) is 0 Å². The van der Waals surface area contributed by atoms with Crippen LogP contribution in [0.5, 0.6) is 0 Å². The maximum Gasteiger partial charge on any atom is 0.0366 e. The summed E-state index contributed by atoms with van der Waals surface area (Å²) < 4.78 is 0. The van der Waals surface area contributed by atoms with Crippen LogP contribution in [0.3, 0.4) is 0 Å². The number of hydrogen-bond donors (Lipinski definition) is 2. The minimum atomic E-state index is 0.913. The maximum atomic E-state index is 4.26. The highest BCUT2D eigenvalue weighted by Gasteiger charge is 2.03. The third kappa shape index (κ3) is 4.30. The molecule has 0 aliphatic heterocycles. The molecule has 16 heavy (non-hydrogen) atoms. The quantitative estimate of drug-likeness (QED) is 0.707. The van der Waals surface area contributed by atoms with Crippen molar-refractivity contribution in [1.82, 2.24) is 0 Å². The predicted octanol–water partition coefficient (Wildman–Crippen LogP) is 3.31. The molecule has 0 aliphatic carbocycles. The second-order valence-electron chi connectivity index (χ2n) is 3.80. The maximum absolute atomic E-state index is 4.26. The monoisotopic (exact) mass is 255 g/mol. The Balaban J connectivity index is 2.62. The van der Waals surface area contributed by atoms with Crippen LogP contribution >= 0.6 is 25.3 Å². The normalized spacial score (nSPS) is 10.4. The summed E-state index contributed by atoms with van der Waals surface area (Å²) in [7, 11) is 0. The van der Waals surface area contributed by atoms with Crippen LogP contribution in [0.15, 0.2) is 24.3 Å². The molecule has 0 atom stereocenters. The average Bonchev–Trinajstić information content (AvgIpc) is 2.32. The second kappa shape index (κ2) is 7.91. The van der Waals surface area contributed by atoms with Crippen molar-refractivity contribution in [2.75, 3.05) is 29.5 Å². The summed E-state index contributed by atoms with van der Waals surface area (Å²) in [4.78, 5) is 2.39. The Labute approximate surface area is 110 Å². The van der Waals surface area contributed by atoms with Gasteiger partial charge in [-0.05, 0) is 49.0 Å². The summed E-state index contributed by atoms with van der Waals surface area (Å²) in [6.07, 6.45) is 2.18. The van der Waals surface area contributed by atoms with Crippen LogP contribution in [0.2, 0.25) is 0 Å². The minimum Gasteiger partial charge on any atom is -0.372 e. The van der Waals surface area contributed by atoms with Crippen molar-refractivity contribution in [1.29, 1.82) is 0 Å². The van der Waals surface area contributed by atoms with Gasteiger partial charge < -0.3 is 4.90 Å². The summed E-state index contributed by atoms with van der Waals surface area (Å²) in [6, 6.07) is 8.82. The SMILES string of the molecule is CCN(CCCS)c1ccc(CCS)cc1. The summed E-state index contributed by atoms with van der Waals surface area (Å²) >= 11 is 8.50. The number of rotatable bonds is 7. The smallest absolute Gasteiger partial charge is 0.0366 e. The van der Waals surface area contributed by atoms with E-state index < -0.39 is 0 Å². The first kappa shape index (κ1) is 13.8. The highest BCUT2D eigenvalue weighted by Crippen LogP contribution is 2.16. The Hall–Kier alpha value is -0.280. The molecule has 0 unspecified atom stereocenters. The van der Waals surface area contributed by atoms with Gasteiger partial charge in [-0.25, -0.2) is 0 Å². The molecule has 0 heterocycles. The highest BCUT2D eigenvalue weighted by molar-refractivity contribution is 7.80. The van der Waals surface area contributed by atoms with Gasteiger partial charge in [0.05, 0.1) is 0 Å². The van der Waals surface area contributed by atoms with Crippen molar-refractivity contribution in [3.8, 4) is 0 Å². The zero-order chi connectivity index (χ0) is 11.8. The summed E-state index contributed by atoms with van der Waals surface area (Å²) in [5.74, 6) is 1.87. The Morgan fingerprint density at radius 3 is 2.25 bits per heavy atom. The van der Waals surface area contributed by atoms with E-state index in [1.807, 2.05) is 0 Å². The topological polar surface area (TPSA) is 3.24 Å². The third-order valence-electron chi connectivity index (χ3n) is 2.67. The third-order valence-corrected chi connectivity index (χ3v) is 3.21. The molecule has 1 rings (SSSR count). The molecule has 0 aliphatic rings. The molecule has 0 fully saturated rings. The average molecular weight is 255 g/mol. The van der Waals surface area contributed by atoms with E-state index in [1.165, 1.54) is 11.3 Å². The molecule has 0 spiro atoms. The van der Waals surface area contributed by atoms with Gasteiger partial charge in [0, 0.05) is 18.8 Å². The zero-order valence-corrected chi connectivity index (χ0v) is 11.7. The molecule has 0 saturated heterocycles. The van der Waals surface area contributed by atoms with Crippen molar-refractivity contribution in [3.05, 3.63) is 29.8 Å². The van der Waals surface area contributed by atoms with Crippen LogP contribution in [0.1, 0.15) is 18.9 Å². The molecule has 0 saturated carbocycles. The number of hydrogen-bond acceptors (Lipinski definition) is 3. The minimum absolute atomic E-state index is 0.913. The Morgan fingerprint density at radius 2 is 1.75 bits per heavy atom. The fourth-order valence-corrected chi connectivity index (χ4v) is 2.13. The van der Waals surface area contributed by atoms with Crippen LogP contribution in [-0.2, 0) is 6.42 Å². The van der Waals surface area contributed by atoms with Gasteiger partial charge in [-0.2, -0.15) is 25.3 Å². The molecule has 0 bridgehead atoms. The van der Waals surface area contributed by atoms with Gasteiger partial charge in [-0.1, -0.05) is 12.1 Å². The lowest BCUT2D eigenvalue weighted by atomic mass is 10.1. The first-order valence-corrected chi connectivity index (χ1v) is 7.14. The lowest BCUT2D eigenvalue weighted by Crippen LogP contribution is -2.24. The van der Waals surface area contributed by atoms with E-state index in [0.717, 1.165) is 37.4 Å². The number of nitrogens with zero attached hydrogens (tertiary/aromatic N) is 1. The van der Waals surface area contributed by atoms with Crippen molar-refractivity contribution < 1.29 is 0 Å². The molecular formula is C13H21NS2. The lowest BCUT2D eigenvalue weighted by Gasteiger charge is -2.23. The first-order valence-electron chi connectivity index (χ1n) is 5.87. The van der Waals surface area contributed by atoms with Crippen LogP contribution in [0, 0.1) is 0 Å². The highest BCUT2D eigenvalue weighted by atomic mass is 32.1. The predicted molar refractivity (Wildman–Crippen MR) is 80.4 cm³/mol. The molecular weight excluding hydrogens is 234 g/mol. The molecule has 90 valence electrons. The molecule has 0 amide bonds. The first-order chi connectivity index (χ1) is 7.81. The van der Waals surface area contributed by atoms with Gasteiger partial charge in [-0.15, -0.1) is 0 Å². The lowest BCUT2D eigenvalue weighted by molar-refractivity contribution is 0.797.